The molecule has 0 aliphatic carbocycles. The molecule has 1 aromatic carbocycles. The third kappa shape index (κ3) is 2.96. The summed E-state index contributed by atoms with van der Waals surface area (Å²) in [5.74, 6) is 0.669. The zero-order chi connectivity index (χ0) is 14.7. The predicted molar refractivity (Wildman–Crippen MR) is 81.2 cm³/mol. The first-order valence-corrected chi connectivity index (χ1v) is 6.51. The van der Waals surface area contributed by atoms with E-state index in [-0.39, 0.29) is 5.91 Å². The SMILES string of the molecule is C=C(C)Cn1c(CNC(=O)C(=C)C)nc2ccccc21. The molecule has 0 radical (unpaired) electrons. The molecule has 0 unspecified atom stereocenters. The van der Waals surface area contributed by atoms with Gasteiger partial charge in [-0.15, -0.1) is 0 Å². The van der Waals surface area contributed by atoms with Gasteiger partial charge in [0.2, 0.25) is 5.91 Å². The normalized spacial score (nSPS) is 10.5. The molecule has 104 valence electrons. The third-order valence-electron chi connectivity index (χ3n) is 2.96. The fourth-order valence-electron chi connectivity index (χ4n) is 2.02. The molecule has 1 N–H and O–H groups in total. The number of amides is 1. The van der Waals surface area contributed by atoms with E-state index in [9.17, 15) is 4.79 Å². The first-order chi connectivity index (χ1) is 9.49. The Morgan fingerprint density at radius 2 is 2.00 bits per heavy atom. The molecule has 4 heteroatoms. The Hall–Kier alpha value is -2.36. The summed E-state index contributed by atoms with van der Waals surface area (Å²) in [7, 11) is 0. The fraction of sp³-hybridized carbons (Fsp3) is 0.250. The van der Waals surface area contributed by atoms with Crippen molar-refractivity contribution in [1.29, 1.82) is 0 Å². The number of fused-ring (bicyclic) bond motifs is 1. The van der Waals surface area contributed by atoms with E-state index in [4.69, 9.17) is 0 Å². The van der Waals surface area contributed by atoms with Crippen molar-refractivity contribution in [2.75, 3.05) is 0 Å². The van der Waals surface area contributed by atoms with Crippen molar-refractivity contribution in [3.05, 3.63) is 54.4 Å². The number of para-hydroxylation sites is 2. The van der Waals surface area contributed by atoms with Gasteiger partial charge in [-0.25, -0.2) is 4.98 Å². The lowest BCUT2D eigenvalue weighted by molar-refractivity contribution is -0.117. The summed E-state index contributed by atoms with van der Waals surface area (Å²) in [6.07, 6.45) is 0. The molecule has 1 aromatic heterocycles. The molecule has 0 fully saturated rings. The Morgan fingerprint density at radius 3 is 2.65 bits per heavy atom. The zero-order valence-electron chi connectivity index (χ0n) is 11.9. The van der Waals surface area contributed by atoms with Gasteiger partial charge in [-0.1, -0.05) is 30.9 Å². The molecular weight excluding hydrogens is 250 g/mol. The van der Waals surface area contributed by atoms with Crippen LogP contribution < -0.4 is 5.32 Å². The minimum atomic E-state index is -0.154. The standard InChI is InChI=1S/C16H19N3O/c1-11(2)10-19-14-8-6-5-7-13(14)18-15(19)9-17-16(20)12(3)4/h5-8H,1,3,9-10H2,2,4H3,(H,17,20). The lowest BCUT2D eigenvalue weighted by atomic mass is 10.3. The molecule has 1 heterocycles. The quantitative estimate of drug-likeness (QED) is 0.670. The van der Waals surface area contributed by atoms with Gasteiger partial charge in [-0.05, 0) is 26.0 Å². The summed E-state index contributed by atoms with van der Waals surface area (Å²) in [6.45, 7) is 12.3. The van der Waals surface area contributed by atoms with Crippen molar-refractivity contribution in [1.82, 2.24) is 14.9 Å². The van der Waals surface area contributed by atoms with E-state index in [0.29, 0.717) is 18.7 Å². The highest BCUT2D eigenvalue weighted by Gasteiger charge is 2.11. The van der Waals surface area contributed by atoms with Gasteiger partial charge in [0.25, 0.3) is 0 Å². The number of carbonyl (C=O) groups is 1. The van der Waals surface area contributed by atoms with Crippen LogP contribution in [0.1, 0.15) is 19.7 Å². The van der Waals surface area contributed by atoms with Crippen LogP contribution >= 0.6 is 0 Å². The summed E-state index contributed by atoms with van der Waals surface area (Å²) < 4.78 is 2.08. The van der Waals surface area contributed by atoms with E-state index >= 15 is 0 Å². The minimum absolute atomic E-state index is 0.154. The summed E-state index contributed by atoms with van der Waals surface area (Å²) in [4.78, 5) is 16.2. The average molecular weight is 269 g/mol. The molecule has 0 bridgehead atoms. The fourth-order valence-corrected chi connectivity index (χ4v) is 2.02. The predicted octanol–water partition coefficient (Wildman–Crippen LogP) is 2.80. The van der Waals surface area contributed by atoms with Crippen molar-refractivity contribution in [3.8, 4) is 0 Å². The van der Waals surface area contributed by atoms with Crippen molar-refractivity contribution in [2.24, 2.45) is 0 Å². The summed E-state index contributed by atoms with van der Waals surface area (Å²) in [5, 5.41) is 2.82. The van der Waals surface area contributed by atoms with E-state index < -0.39 is 0 Å². The second kappa shape index (κ2) is 5.74. The molecule has 2 aromatic rings. The lowest BCUT2D eigenvalue weighted by Crippen LogP contribution is -2.25. The van der Waals surface area contributed by atoms with E-state index in [1.54, 1.807) is 6.92 Å². The van der Waals surface area contributed by atoms with Gasteiger partial charge < -0.3 is 9.88 Å². The Bertz CT molecular complexity index is 682. The monoisotopic (exact) mass is 269 g/mol. The Kier molecular flexibility index (Phi) is 4.03. The number of nitrogens with one attached hydrogen (secondary N) is 1. The second-order valence-electron chi connectivity index (χ2n) is 5.02. The highest BCUT2D eigenvalue weighted by molar-refractivity contribution is 5.92. The molecule has 0 spiro atoms. The first-order valence-electron chi connectivity index (χ1n) is 6.51. The average Bonchev–Trinajstić information content (AvgIpc) is 2.73. The highest BCUT2D eigenvalue weighted by atomic mass is 16.1. The lowest BCUT2D eigenvalue weighted by Gasteiger charge is -2.10. The first kappa shape index (κ1) is 14.1. The number of nitrogens with zero attached hydrogens (tertiary/aromatic N) is 2. The van der Waals surface area contributed by atoms with Crippen LogP contribution in [0.4, 0.5) is 0 Å². The van der Waals surface area contributed by atoms with Crippen LogP contribution in [0.5, 0.6) is 0 Å². The van der Waals surface area contributed by atoms with Gasteiger partial charge in [-0.3, -0.25) is 4.79 Å². The topological polar surface area (TPSA) is 46.9 Å². The van der Waals surface area contributed by atoms with E-state index in [0.717, 1.165) is 22.4 Å². The molecule has 0 saturated heterocycles. The van der Waals surface area contributed by atoms with Crippen molar-refractivity contribution in [3.63, 3.8) is 0 Å². The maximum absolute atomic E-state index is 11.6. The van der Waals surface area contributed by atoms with Crippen molar-refractivity contribution < 1.29 is 4.79 Å². The van der Waals surface area contributed by atoms with Crippen molar-refractivity contribution in [2.45, 2.75) is 26.9 Å². The van der Waals surface area contributed by atoms with Crippen LogP contribution in [0.2, 0.25) is 0 Å². The van der Waals surface area contributed by atoms with Crippen molar-refractivity contribution >= 4 is 16.9 Å². The van der Waals surface area contributed by atoms with Crippen LogP contribution in [-0.2, 0) is 17.9 Å². The van der Waals surface area contributed by atoms with Crippen LogP contribution in [0.25, 0.3) is 11.0 Å². The molecule has 0 aliphatic heterocycles. The van der Waals surface area contributed by atoms with E-state index in [2.05, 4.69) is 28.0 Å². The van der Waals surface area contributed by atoms with Gasteiger partial charge in [-0.2, -0.15) is 0 Å². The van der Waals surface area contributed by atoms with E-state index in [1.165, 1.54) is 0 Å². The zero-order valence-corrected chi connectivity index (χ0v) is 11.9. The molecule has 4 nitrogen and oxygen atoms in total. The molecule has 1 amide bonds. The van der Waals surface area contributed by atoms with E-state index in [1.807, 2.05) is 31.2 Å². The smallest absolute Gasteiger partial charge is 0.246 e. The van der Waals surface area contributed by atoms with Crippen LogP contribution in [0.15, 0.2) is 48.6 Å². The molecule has 0 atom stereocenters. The second-order valence-corrected chi connectivity index (χ2v) is 5.02. The Balaban J connectivity index is 2.33. The number of hydrogen-bond donors (Lipinski definition) is 1. The van der Waals surface area contributed by atoms with Crippen LogP contribution in [0.3, 0.4) is 0 Å². The molecular formula is C16H19N3O. The molecule has 20 heavy (non-hydrogen) atoms. The number of carbonyl (C=O) groups excluding carboxylic acids is 1. The number of rotatable bonds is 5. The number of imidazole rings is 1. The highest BCUT2D eigenvalue weighted by Crippen LogP contribution is 2.17. The van der Waals surface area contributed by atoms with Crippen LogP contribution in [0, 0.1) is 0 Å². The Morgan fingerprint density at radius 1 is 1.30 bits per heavy atom. The number of allylic oxidation sites excluding steroid dienone is 1. The summed E-state index contributed by atoms with van der Waals surface area (Å²) >= 11 is 0. The molecule has 0 aliphatic rings. The summed E-state index contributed by atoms with van der Waals surface area (Å²) in [6, 6.07) is 7.93. The molecule has 2 rings (SSSR count). The largest absolute Gasteiger partial charge is 0.345 e. The summed E-state index contributed by atoms with van der Waals surface area (Å²) in [5.41, 5.74) is 3.51. The van der Waals surface area contributed by atoms with Gasteiger partial charge in [0.05, 0.1) is 17.6 Å². The molecule has 0 saturated carbocycles. The van der Waals surface area contributed by atoms with Gasteiger partial charge in [0.15, 0.2) is 0 Å². The maximum Gasteiger partial charge on any atom is 0.246 e. The number of benzene rings is 1. The van der Waals surface area contributed by atoms with Gasteiger partial charge in [0, 0.05) is 12.1 Å². The number of hydrogen-bond acceptors (Lipinski definition) is 2. The maximum atomic E-state index is 11.6. The minimum Gasteiger partial charge on any atom is -0.345 e. The number of aromatic nitrogens is 2. The van der Waals surface area contributed by atoms with Gasteiger partial charge in [0.1, 0.15) is 5.82 Å². The Labute approximate surface area is 118 Å². The third-order valence-corrected chi connectivity index (χ3v) is 2.96. The van der Waals surface area contributed by atoms with Gasteiger partial charge >= 0.3 is 0 Å². The van der Waals surface area contributed by atoms with Crippen LogP contribution in [-0.4, -0.2) is 15.5 Å².